The van der Waals surface area contributed by atoms with E-state index in [2.05, 4.69) is 144 Å². The minimum atomic E-state index is -0.235. The Balaban J connectivity index is 0.000000113. The topological polar surface area (TPSA) is 102 Å². The number of ketones is 6. The summed E-state index contributed by atoms with van der Waals surface area (Å²) in [6.45, 7) is 23.0. The predicted octanol–water partition coefficient (Wildman–Crippen LogP) is 26.7. The van der Waals surface area contributed by atoms with Crippen LogP contribution in [0.2, 0.25) is 0 Å². The molecular weight excluding hydrogens is 1630 g/mol. The van der Waals surface area contributed by atoms with Gasteiger partial charge in [-0.2, -0.15) is 0 Å². The summed E-state index contributed by atoms with van der Waals surface area (Å²) in [6.07, 6.45) is 16.3. The number of halogens is 4. The maximum atomic E-state index is 13.1. The van der Waals surface area contributed by atoms with Crippen molar-refractivity contribution in [1.29, 1.82) is 0 Å². The molecule has 18 rings (SSSR count). The first-order valence-corrected chi connectivity index (χ1v) is 42.1. The predicted molar refractivity (Wildman–Crippen MR) is 456 cm³/mol. The second-order valence-corrected chi connectivity index (χ2v) is 38.2. The van der Waals surface area contributed by atoms with Crippen molar-refractivity contribution in [3.63, 3.8) is 0 Å². The van der Waals surface area contributed by atoms with Crippen LogP contribution in [0.1, 0.15) is 53.2 Å². The van der Waals surface area contributed by atoms with E-state index >= 15 is 0 Å². The second-order valence-electron chi connectivity index (χ2n) is 25.6. The molecule has 0 spiro atoms. The van der Waals surface area contributed by atoms with Crippen LogP contribution in [0.15, 0.2) is 320 Å². The van der Waals surface area contributed by atoms with Gasteiger partial charge in [0.25, 0.3) is 0 Å². The van der Waals surface area contributed by atoms with Gasteiger partial charge in [0.1, 0.15) is 11.6 Å². The van der Waals surface area contributed by atoms with Crippen LogP contribution < -0.4 is 0 Å². The minimum absolute atomic E-state index is 0.119. The normalized spacial score (nSPS) is 15.5. The van der Waals surface area contributed by atoms with Gasteiger partial charge in [0.2, 0.25) is 0 Å². The van der Waals surface area contributed by atoms with Crippen LogP contribution in [-0.4, -0.2) is 34.7 Å². The lowest BCUT2D eigenvalue weighted by Crippen LogP contribution is -1.97. The van der Waals surface area contributed by atoms with Crippen LogP contribution in [0.25, 0.3) is 60.5 Å². The van der Waals surface area contributed by atoms with Gasteiger partial charge in [0.05, 0.1) is 27.3 Å². The van der Waals surface area contributed by atoms with Gasteiger partial charge in [0.15, 0.2) is 34.7 Å². The molecule has 6 heterocycles. The number of benzene rings is 6. The third kappa shape index (κ3) is 19.6. The number of hydrogen-bond acceptors (Lipinski definition) is 15. The first-order chi connectivity index (χ1) is 50.9. The molecule has 0 radical (unpaired) electrons. The van der Waals surface area contributed by atoms with Gasteiger partial charge in [-0.1, -0.05) is 161 Å². The summed E-state index contributed by atoms with van der Waals surface area (Å²) in [5.41, 5.74) is 8.03. The zero-order valence-corrected chi connectivity index (χ0v) is 67.2. The van der Waals surface area contributed by atoms with Crippen molar-refractivity contribution in [2.75, 3.05) is 0 Å². The van der Waals surface area contributed by atoms with Crippen LogP contribution in [-0.2, 0) is 48.0 Å². The number of thioether (sulfide) groups is 3. The van der Waals surface area contributed by atoms with E-state index in [1.807, 2.05) is 85.0 Å². The molecule has 6 aromatic carbocycles. The number of thiophene rings is 6. The summed E-state index contributed by atoms with van der Waals surface area (Å²) in [7, 11) is 0. The minimum Gasteiger partial charge on any atom is -0.294 e. The number of carbonyl (C=O) groups is 6. The SMILES string of the molecule is C=C1C=C(Cc2cc3cc(Br)ccc3s2)C(=O)C1.C=C1C=C(Cc2cc3cc(F)ccc3s2)C(=O)C1.C=C1C=C(Cc2cc3ccccc3s2)C(=O)C1.C=C1C=C(Sc2cc3cc(Br)ccc3s2)C(=O)C1.C=C1C=C(Sc2cc3cc(F)ccc3s2)C(=O)C1.C=C1C=C(Sc2cc3ccccc3s2)C(=O)C1. The van der Waals surface area contributed by atoms with E-state index in [9.17, 15) is 37.5 Å². The van der Waals surface area contributed by atoms with E-state index < -0.39 is 0 Å². The van der Waals surface area contributed by atoms with Gasteiger partial charge in [-0.25, -0.2) is 8.78 Å². The van der Waals surface area contributed by atoms with Crippen LogP contribution in [0, 0.1) is 11.6 Å². The summed E-state index contributed by atoms with van der Waals surface area (Å²) in [5.74, 6) is 0.641. The zero-order valence-electron chi connectivity index (χ0n) is 56.7. The average molecular weight is 1690 g/mol. The molecule has 6 nitrogen and oxygen atoms in total. The standard InChI is InChI=1S/C15H11BrOS.C15H11FOS.C15H12OS.C14H9BrOS2.C14H9FOS2.C14H10OS2/c2*1-9-4-10(14(17)5-9)7-13-8-11-6-12(16)2-3-15(11)18-13;1-10-6-12(14(16)7-10)9-13-8-11-4-2-3-5-15(11)17-13;2*1-8-4-11(16)13(5-8)18-14-7-9-6-10(15)2-3-12(9)17-14;1-9-6-11(15)13(7-9)17-14-8-10-4-2-3-5-12(10)16-14/h2*2-4,6,8H,1,5,7H2;2-6,8H,1,7,9H2;2*2-3,5-7H,1,4H2;2-5,7-8H,1,6H2. The van der Waals surface area contributed by atoms with Gasteiger partial charge in [0, 0.05) is 126 Å². The van der Waals surface area contributed by atoms with Crippen molar-refractivity contribution in [3.05, 3.63) is 334 Å². The highest BCUT2D eigenvalue weighted by Crippen LogP contribution is 2.44. The molecule has 6 aromatic heterocycles. The van der Waals surface area contributed by atoms with Gasteiger partial charge in [-0.15, -0.1) is 68.0 Å². The number of rotatable bonds is 12. The summed E-state index contributed by atoms with van der Waals surface area (Å²) in [6, 6.07) is 51.1. The van der Waals surface area contributed by atoms with E-state index in [0.29, 0.717) is 44.9 Å². The third-order valence-corrected chi connectivity index (χ3v) is 28.2. The number of hydrogen-bond donors (Lipinski definition) is 0. The largest absolute Gasteiger partial charge is 0.294 e. The Hall–Kier alpha value is -8.15. The van der Waals surface area contributed by atoms with E-state index in [1.165, 1.54) is 90.3 Å². The van der Waals surface area contributed by atoms with Crippen LogP contribution >= 0.6 is 135 Å². The number of allylic oxidation sites excluding steroid dienone is 18. The molecule has 12 aromatic rings. The Morgan fingerprint density at radius 1 is 0.302 bits per heavy atom. The Bertz CT molecular complexity index is 5270. The molecule has 0 unspecified atom stereocenters. The molecule has 0 atom stereocenters. The number of fused-ring (bicyclic) bond motifs is 6. The molecule has 6 aliphatic rings. The van der Waals surface area contributed by atoms with Crippen molar-refractivity contribution in [2.45, 2.75) is 70.4 Å². The highest BCUT2D eigenvalue weighted by Gasteiger charge is 2.25. The average Bonchev–Trinajstić information content (AvgIpc) is 1.70. The summed E-state index contributed by atoms with van der Waals surface area (Å²) in [4.78, 5) is 76.0. The Morgan fingerprint density at radius 2 is 0.575 bits per heavy atom. The van der Waals surface area contributed by atoms with Gasteiger partial charge >= 0.3 is 0 Å². The zero-order chi connectivity index (χ0) is 74.4. The lowest BCUT2D eigenvalue weighted by molar-refractivity contribution is -0.115. The van der Waals surface area contributed by atoms with Crippen LogP contribution in [0.3, 0.4) is 0 Å². The Morgan fingerprint density at radius 3 is 0.915 bits per heavy atom. The summed E-state index contributed by atoms with van der Waals surface area (Å²) >= 11 is 21.6. The fourth-order valence-corrected chi connectivity index (χ4v) is 22.9. The molecule has 0 fully saturated rings. The Labute approximate surface area is 665 Å². The maximum absolute atomic E-state index is 13.1. The lowest BCUT2D eigenvalue weighted by atomic mass is 10.1. The van der Waals surface area contributed by atoms with Crippen molar-refractivity contribution < 1.29 is 37.5 Å². The fraction of sp³-hybridized carbons (Fsp3) is 0.103. The van der Waals surface area contributed by atoms with E-state index in [1.54, 1.807) is 104 Å². The van der Waals surface area contributed by atoms with Crippen molar-refractivity contribution >= 4 is 230 Å². The molecule has 528 valence electrons. The third-order valence-electron chi connectivity index (χ3n) is 16.9. The molecule has 0 saturated carbocycles. The summed E-state index contributed by atoms with van der Waals surface area (Å²) < 4.78 is 38.8. The molecular formula is C87H62Br2F2O6S9. The molecule has 0 amide bonds. The molecule has 6 aliphatic carbocycles. The molecule has 106 heavy (non-hydrogen) atoms. The smallest absolute Gasteiger partial charge is 0.173 e. The van der Waals surface area contributed by atoms with Gasteiger partial charge < -0.3 is 0 Å². The molecule has 0 aliphatic heterocycles. The Kier molecular flexibility index (Phi) is 24.4. The monoisotopic (exact) mass is 1690 g/mol. The lowest BCUT2D eigenvalue weighted by Gasteiger charge is -1.95. The second kappa shape index (κ2) is 34.0. The molecule has 0 bridgehead atoms. The fourth-order valence-electron chi connectivity index (χ4n) is 12.0. The van der Waals surface area contributed by atoms with E-state index in [0.717, 1.165) is 120 Å². The van der Waals surface area contributed by atoms with E-state index in [-0.39, 0.29) is 46.3 Å². The molecule has 19 heteroatoms. The van der Waals surface area contributed by atoms with Crippen molar-refractivity contribution in [3.8, 4) is 0 Å². The number of Topliss-reactive ketones (excluding diaryl/α,β-unsaturated/α-hetero) is 6. The maximum Gasteiger partial charge on any atom is 0.173 e. The van der Waals surface area contributed by atoms with Crippen molar-refractivity contribution in [1.82, 2.24) is 0 Å². The highest BCUT2D eigenvalue weighted by atomic mass is 79.9. The quantitative estimate of drug-likeness (QED) is 0.118. The van der Waals surface area contributed by atoms with Gasteiger partial charge in [-0.05, 0) is 205 Å². The van der Waals surface area contributed by atoms with E-state index in [4.69, 9.17) is 0 Å². The van der Waals surface area contributed by atoms with Crippen LogP contribution in [0.4, 0.5) is 8.78 Å². The summed E-state index contributed by atoms with van der Waals surface area (Å²) in [5, 5.41) is 6.73. The number of carbonyl (C=O) groups excluding carboxylic acids is 6. The van der Waals surface area contributed by atoms with Crippen molar-refractivity contribution in [2.24, 2.45) is 0 Å². The first-order valence-electron chi connectivity index (χ1n) is 33.2. The van der Waals surface area contributed by atoms with Crippen LogP contribution in [0.5, 0.6) is 0 Å². The molecule has 0 N–H and O–H groups in total. The molecule has 0 saturated heterocycles. The van der Waals surface area contributed by atoms with Gasteiger partial charge in [-0.3, -0.25) is 28.8 Å². The highest BCUT2D eigenvalue weighted by molar-refractivity contribution is 9.10. The first kappa shape index (κ1) is 76.1.